The molecule has 140 valence electrons. The monoisotopic (exact) mass is 363 g/mol. The van der Waals surface area contributed by atoms with Crippen LogP contribution in [0.4, 0.5) is 0 Å². The van der Waals surface area contributed by atoms with Gasteiger partial charge in [0.25, 0.3) is 0 Å². The molecule has 0 aliphatic carbocycles. The highest BCUT2D eigenvalue weighted by Crippen LogP contribution is 2.27. The van der Waals surface area contributed by atoms with Gasteiger partial charge in [0.05, 0.1) is 14.2 Å². The van der Waals surface area contributed by atoms with Gasteiger partial charge in [-0.15, -0.1) is 0 Å². The van der Waals surface area contributed by atoms with Crippen molar-refractivity contribution in [2.24, 2.45) is 0 Å². The zero-order valence-electron chi connectivity index (χ0n) is 16.7. The van der Waals surface area contributed by atoms with Gasteiger partial charge in [0.2, 0.25) is 0 Å². The lowest BCUT2D eigenvalue weighted by Crippen LogP contribution is -2.61. The highest BCUT2D eigenvalue weighted by Gasteiger charge is 2.43. The van der Waals surface area contributed by atoms with Gasteiger partial charge in [0, 0.05) is 25.5 Å². The topological polar surface area (TPSA) is 39.7 Å². The molecule has 0 saturated heterocycles. The average Bonchev–Trinajstić information content (AvgIpc) is 2.55. The average molecular weight is 364 g/mol. The lowest BCUT2D eigenvalue weighted by atomic mass is 10.3. The fourth-order valence-electron chi connectivity index (χ4n) is 3.59. The van der Waals surface area contributed by atoms with Gasteiger partial charge in [-0.25, -0.2) is 0 Å². The predicted molar refractivity (Wildman–Crippen MR) is 105 cm³/mol. The van der Waals surface area contributed by atoms with Gasteiger partial charge in [-0.3, -0.25) is 0 Å². The molecule has 0 aromatic rings. The van der Waals surface area contributed by atoms with Crippen LogP contribution in [-0.4, -0.2) is 48.5 Å². The second-order valence-electron chi connectivity index (χ2n) is 6.13. The Morgan fingerprint density at radius 3 is 1.48 bits per heavy atom. The van der Waals surface area contributed by atoms with E-state index in [0.29, 0.717) is 25.5 Å². The molecule has 23 heavy (non-hydrogen) atoms. The number of hydrogen-bond acceptors (Lipinski definition) is 4. The number of rotatable bonds is 15. The lowest BCUT2D eigenvalue weighted by Gasteiger charge is -2.39. The second-order valence-corrected chi connectivity index (χ2v) is 14.3. The van der Waals surface area contributed by atoms with Crippen LogP contribution < -0.4 is 5.32 Å². The molecule has 0 radical (unpaired) electrons. The first-order valence-corrected chi connectivity index (χ1v) is 14.3. The van der Waals surface area contributed by atoms with Crippen molar-refractivity contribution >= 4 is 16.9 Å². The van der Waals surface area contributed by atoms with Crippen LogP contribution in [0.2, 0.25) is 18.1 Å². The third-order valence-corrected chi connectivity index (χ3v) is 14.1. The molecule has 0 aromatic heterocycles. The van der Waals surface area contributed by atoms with Gasteiger partial charge in [-0.2, -0.15) is 0 Å². The summed E-state index contributed by atoms with van der Waals surface area (Å²) in [5, 5.41) is 3.86. The van der Waals surface area contributed by atoms with Crippen LogP contribution in [-0.2, 0) is 13.3 Å². The Kier molecular flexibility index (Phi) is 12.8. The van der Waals surface area contributed by atoms with Crippen molar-refractivity contribution in [3.8, 4) is 0 Å². The third-order valence-electron chi connectivity index (χ3n) is 5.09. The first-order valence-electron chi connectivity index (χ1n) is 9.68. The van der Waals surface area contributed by atoms with E-state index in [4.69, 9.17) is 13.3 Å². The zero-order valence-corrected chi connectivity index (χ0v) is 18.7. The Hall–Kier alpha value is 0.274. The van der Waals surface area contributed by atoms with E-state index in [2.05, 4.69) is 33.0 Å². The van der Waals surface area contributed by atoms with E-state index in [1.807, 2.05) is 20.8 Å². The molecule has 1 atom stereocenters. The fraction of sp³-hybridized carbons (Fsp3) is 1.00. The Labute approximate surface area is 147 Å². The Balaban J connectivity index is 5.16. The van der Waals surface area contributed by atoms with Crippen LogP contribution in [0.25, 0.3) is 0 Å². The smallest absolute Gasteiger partial charge is 0.373 e. The van der Waals surface area contributed by atoms with E-state index >= 15 is 0 Å². The van der Waals surface area contributed by atoms with Crippen molar-refractivity contribution in [2.75, 3.05) is 26.0 Å². The van der Waals surface area contributed by atoms with Crippen molar-refractivity contribution < 1.29 is 13.3 Å². The molecular formula is C17H41NO3Si2. The maximum atomic E-state index is 6.00. The highest BCUT2D eigenvalue weighted by atomic mass is 28.4. The Bertz CT molecular complexity index is 264. The fourth-order valence-corrected chi connectivity index (χ4v) is 10.6. The molecular weight excluding hydrogens is 322 g/mol. The quantitative estimate of drug-likeness (QED) is 0.438. The van der Waals surface area contributed by atoms with Crippen LogP contribution in [0.3, 0.4) is 0 Å². The van der Waals surface area contributed by atoms with Crippen molar-refractivity contribution in [1.29, 1.82) is 0 Å². The maximum absolute atomic E-state index is 6.00. The molecule has 0 bridgehead atoms. The maximum Gasteiger partial charge on any atom is 0.515 e. The van der Waals surface area contributed by atoms with Crippen LogP contribution in [0.1, 0.15) is 61.3 Å². The summed E-state index contributed by atoms with van der Waals surface area (Å²) in [5.74, 6) is 0. The first-order chi connectivity index (χ1) is 11.0. The molecule has 0 heterocycles. The minimum Gasteiger partial charge on any atom is -0.373 e. The third kappa shape index (κ3) is 6.96. The normalized spacial score (nSPS) is 14.2. The van der Waals surface area contributed by atoms with Crippen molar-refractivity contribution in [3.63, 3.8) is 0 Å². The molecule has 0 saturated carbocycles. The summed E-state index contributed by atoms with van der Waals surface area (Å²) in [7, 11) is -3.89. The molecule has 1 N–H and O–H groups in total. The van der Waals surface area contributed by atoms with Crippen LogP contribution in [0.5, 0.6) is 0 Å². The molecule has 6 heteroatoms. The molecule has 0 aliphatic heterocycles. The predicted octanol–water partition coefficient (Wildman–Crippen LogP) is 4.38. The van der Waals surface area contributed by atoms with Crippen molar-refractivity contribution in [3.05, 3.63) is 0 Å². The Morgan fingerprint density at radius 1 is 0.739 bits per heavy atom. The van der Waals surface area contributed by atoms with E-state index in [0.717, 1.165) is 6.17 Å². The largest absolute Gasteiger partial charge is 0.515 e. The second kappa shape index (κ2) is 12.6. The summed E-state index contributed by atoms with van der Waals surface area (Å²) in [6, 6.07) is 4.01. The van der Waals surface area contributed by atoms with E-state index in [1.54, 1.807) is 0 Å². The van der Waals surface area contributed by atoms with E-state index in [9.17, 15) is 0 Å². The standard InChI is InChI=1S/C17H41NO3Si2/c1-8-15-17(22(12-5,13-6)14-7)18-16-23(19-9-2,20-10-3)21-11-4/h17-18H,8-16H2,1-7H3. The summed E-state index contributed by atoms with van der Waals surface area (Å²) in [4.78, 5) is 0. The van der Waals surface area contributed by atoms with Crippen LogP contribution >= 0.6 is 0 Å². The molecule has 0 spiro atoms. The molecule has 0 amide bonds. The molecule has 4 nitrogen and oxygen atoms in total. The van der Waals surface area contributed by atoms with Gasteiger partial charge in [0.15, 0.2) is 0 Å². The molecule has 0 rings (SSSR count). The molecule has 0 aromatic carbocycles. The summed E-state index contributed by atoms with van der Waals surface area (Å²) in [6.07, 6.45) is 3.21. The van der Waals surface area contributed by atoms with E-state index in [-0.39, 0.29) is 0 Å². The van der Waals surface area contributed by atoms with Gasteiger partial charge in [-0.1, -0.05) is 52.2 Å². The number of nitrogens with one attached hydrogen (secondary N) is 1. The van der Waals surface area contributed by atoms with Gasteiger partial charge < -0.3 is 18.6 Å². The highest BCUT2D eigenvalue weighted by molar-refractivity contribution is 6.81. The first kappa shape index (κ1) is 23.3. The van der Waals surface area contributed by atoms with Crippen molar-refractivity contribution in [1.82, 2.24) is 5.32 Å². The van der Waals surface area contributed by atoms with Crippen molar-refractivity contribution in [2.45, 2.75) is 85.1 Å². The Morgan fingerprint density at radius 2 is 1.17 bits per heavy atom. The zero-order chi connectivity index (χ0) is 17.8. The van der Waals surface area contributed by atoms with E-state index < -0.39 is 16.9 Å². The summed E-state index contributed by atoms with van der Waals surface area (Å²) < 4.78 is 18.0. The minimum atomic E-state index is -2.59. The van der Waals surface area contributed by atoms with Crippen LogP contribution in [0, 0.1) is 0 Å². The van der Waals surface area contributed by atoms with Gasteiger partial charge in [0.1, 0.15) is 0 Å². The summed E-state index contributed by atoms with van der Waals surface area (Å²) in [5.41, 5.74) is 0.626. The molecule has 1 unspecified atom stereocenters. The molecule has 0 fully saturated rings. The summed E-state index contributed by atoms with van der Waals surface area (Å²) >= 11 is 0. The SMILES string of the molecule is CCCC(NC[Si](OCC)(OCC)OCC)[Si](CC)(CC)CC. The minimum absolute atomic E-state index is 0.626. The number of hydrogen-bond donors (Lipinski definition) is 1. The van der Waals surface area contributed by atoms with E-state index in [1.165, 1.54) is 31.0 Å². The summed E-state index contributed by atoms with van der Waals surface area (Å²) in [6.45, 7) is 17.4. The lowest BCUT2D eigenvalue weighted by molar-refractivity contribution is 0.0697. The van der Waals surface area contributed by atoms with Gasteiger partial charge in [-0.05, 0) is 27.2 Å². The molecule has 0 aliphatic rings. The van der Waals surface area contributed by atoms with Crippen LogP contribution in [0.15, 0.2) is 0 Å². The van der Waals surface area contributed by atoms with Gasteiger partial charge >= 0.3 is 8.80 Å².